The van der Waals surface area contributed by atoms with E-state index in [4.69, 9.17) is 9.47 Å². The van der Waals surface area contributed by atoms with E-state index < -0.39 is 0 Å². The standard InChI is InChI=1S/C20H36N2O3/c1-15-4-6-16(7-5-15)24-17-9-12-22(13-10-17)19(23)21-14-18-8-11-20(2,3)25-18/h15-18H,4-14H2,1-3H3,(H,21,23). The van der Waals surface area contributed by atoms with Gasteiger partial charge in [-0.25, -0.2) is 4.79 Å². The van der Waals surface area contributed by atoms with Crippen LogP contribution in [0.15, 0.2) is 0 Å². The third-order valence-electron chi connectivity index (χ3n) is 6.11. The van der Waals surface area contributed by atoms with Crippen LogP contribution in [0.25, 0.3) is 0 Å². The lowest BCUT2D eigenvalue weighted by molar-refractivity contribution is -0.0562. The van der Waals surface area contributed by atoms with Gasteiger partial charge in [-0.2, -0.15) is 0 Å². The van der Waals surface area contributed by atoms with Gasteiger partial charge in [-0.15, -0.1) is 0 Å². The Kier molecular flexibility index (Phi) is 6.26. The van der Waals surface area contributed by atoms with E-state index in [1.54, 1.807) is 0 Å². The molecule has 1 aliphatic carbocycles. The Bertz CT molecular complexity index is 438. The molecule has 0 bridgehead atoms. The molecule has 0 aromatic heterocycles. The van der Waals surface area contributed by atoms with Crippen LogP contribution in [0, 0.1) is 5.92 Å². The molecule has 3 aliphatic rings. The van der Waals surface area contributed by atoms with Gasteiger partial charge in [0.15, 0.2) is 0 Å². The summed E-state index contributed by atoms with van der Waals surface area (Å²) < 4.78 is 12.2. The average molecular weight is 353 g/mol. The highest BCUT2D eigenvalue weighted by Gasteiger charge is 2.32. The highest BCUT2D eigenvalue weighted by atomic mass is 16.5. The zero-order valence-corrected chi connectivity index (χ0v) is 16.3. The van der Waals surface area contributed by atoms with Crippen molar-refractivity contribution in [3.8, 4) is 0 Å². The number of hydrogen-bond acceptors (Lipinski definition) is 3. The summed E-state index contributed by atoms with van der Waals surface area (Å²) in [5.74, 6) is 0.861. The van der Waals surface area contributed by atoms with Crippen molar-refractivity contribution in [3.63, 3.8) is 0 Å². The maximum Gasteiger partial charge on any atom is 0.317 e. The van der Waals surface area contributed by atoms with Gasteiger partial charge in [-0.3, -0.25) is 0 Å². The number of amides is 2. The van der Waals surface area contributed by atoms with Crippen LogP contribution in [0.2, 0.25) is 0 Å². The van der Waals surface area contributed by atoms with Gasteiger partial charge in [0.05, 0.1) is 23.9 Å². The molecule has 5 heteroatoms. The van der Waals surface area contributed by atoms with Crippen molar-refractivity contribution in [2.45, 2.75) is 96.1 Å². The normalized spacial score (nSPS) is 33.4. The molecule has 3 fully saturated rings. The lowest BCUT2D eigenvalue weighted by Gasteiger charge is -2.35. The first-order chi connectivity index (χ1) is 11.9. The number of nitrogens with one attached hydrogen (secondary N) is 1. The van der Waals surface area contributed by atoms with E-state index in [0.717, 1.165) is 44.7 Å². The minimum absolute atomic E-state index is 0.0397. The summed E-state index contributed by atoms with van der Waals surface area (Å²) >= 11 is 0. The molecule has 3 rings (SSSR count). The van der Waals surface area contributed by atoms with Gasteiger partial charge in [0, 0.05) is 19.6 Å². The number of nitrogens with zero attached hydrogens (tertiary/aromatic N) is 1. The Morgan fingerprint density at radius 2 is 1.72 bits per heavy atom. The molecule has 2 aliphatic heterocycles. The lowest BCUT2D eigenvalue weighted by Crippen LogP contribution is -2.48. The fourth-order valence-corrected chi connectivity index (χ4v) is 4.37. The highest BCUT2D eigenvalue weighted by Crippen LogP contribution is 2.29. The zero-order chi connectivity index (χ0) is 17.9. The van der Waals surface area contributed by atoms with E-state index in [1.165, 1.54) is 25.7 Å². The molecular formula is C20H36N2O3. The van der Waals surface area contributed by atoms with Crippen molar-refractivity contribution in [1.82, 2.24) is 10.2 Å². The second kappa shape index (κ2) is 8.26. The van der Waals surface area contributed by atoms with Gasteiger partial charge in [-0.1, -0.05) is 6.92 Å². The molecule has 1 saturated carbocycles. The average Bonchev–Trinajstić information content (AvgIpc) is 2.94. The number of rotatable bonds is 4. The minimum Gasteiger partial charge on any atom is -0.375 e. The van der Waals surface area contributed by atoms with Gasteiger partial charge in [0.25, 0.3) is 0 Å². The van der Waals surface area contributed by atoms with Crippen LogP contribution in [-0.4, -0.2) is 54.5 Å². The Balaban J connectivity index is 1.32. The van der Waals surface area contributed by atoms with Crippen LogP contribution >= 0.6 is 0 Å². The smallest absolute Gasteiger partial charge is 0.317 e. The maximum absolute atomic E-state index is 12.4. The number of piperidine rings is 1. The topological polar surface area (TPSA) is 50.8 Å². The number of carbonyl (C=O) groups excluding carboxylic acids is 1. The first-order valence-electron chi connectivity index (χ1n) is 10.3. The van der Waals surface area contributed by atoms with Crippen LogP contribution in [0.1, 0.15) is 72.1 Å². The first-order valence-corrected chi connectivity index (χ1v) is 10.3. The van der Waals surface area contributed by atoms with E-state index >= 15 is 0 Å². The van der Waals surface area contributed by atoms with Crippen molar-refractivity contribution < 1.29 is 14.3 Å². The Labute approximate surface area is 152 Å². The van der Waals surface area contributed by atoms with Crippen LogP contribution in [0.4, 0.5) is 4.79 Å². The van der Waals surface area contributed by atoms with E-state index in [2.05, 4.69) is 26.1 Å². The molecule has 1 unspecified atom stereocenters. The second-order valence-corrected chi connectivity index (χ2v) is 8.93. The molecule has 5 nitrogen and oxygen atoms in total. The van der Waals surface area contributed by atoms with Gasteiger partial charge in [-0.05, 0) is 71.1 Å². The summed E-state index contributed by atoms with van der Waals surface area (Å²) in [4.78, 5) is 14.3. The van der Waals surface area contributed by atoms with Crippen LogP contribution in [-0.2, 0) is 9.47 Å². The second-order valence-electron chi connectivity index (χ2n) is 8.93. The Hall–Kier alpha value is -0.810. The summed E-state index contributed by atoms with van der Waals surface area (Å²) in [6.07, 6.45) is 9.98. The summed E-state index contributed by atoms with van der Waals surface area (Å²) in [6.45, 7) is 8.80. The van der Waals surface area contributed by atoms with Crippen LogP contribution in [0.3, 0.4) is 0 Å². The fourth-order valence-electron chi connectivity index (χ4n) is 4.37. The number of hydrogen-bond donors (Lipinski definition) is 1. The van der Waals surface area contributed by atoms with Crippen molar-refractivity contribution >= 4 is 6.03 Å². The highest BCUT2D eigenvalue weighted by molar-refractivity contribution is 5.74. The molecule has 1 atom stereocenters. The number of urea groups is 1. The third-order valence-corrected chi connectivity index (χ3v) is 6.11. The largest absolute Gasteiger partial charge is 0.375 e. The molecule has 0 spiro atoms. The predicted molar refractivity (Wildman–Crippen MR) is 98.7 cm³/mol. The van der Waals surface area contributed by atoms with E-state index in [1.807, 2.05) is 4.90 Å². The molecule has 2 saturated heterocycles. The Morgan fingerprint density at radius 3 is 2.32 bits per heavy atom. The van der Waals surface area contributed by atoms with E-state index in [9.17, 15) is 4.79 Å². The zero-order valence-electron chi connectivity index (χ0n) is 16.3. The van der Waals surface area contributed by atoms with Gasteiger partial charge < -0.3 is 19.7 Å². The van der Waals surface area contributed by atoms with Crippen molar-refractivity contribution in [3.05, 3.63) is 0 Å². The molecule has 2 heterocycles. The number of ether oxygens (including phenoxy) is 2. The monoisotopic (exact) mass is 352 g/mol. The molecule has 1 N–H and O–H groups in total. The van der Waals surface area contributed by atoms with Gasteiger partial charge in [0.2, 0.25) is 0 Å². The minimum atomic E-state index is -0.0397. The van der Waals surface area contributed by atoms with Crippen molar-refractivity contribution in [2.75, 3.05) is 19.6 Å². The quantitative estimate of drug-likeness (QED) is 0.839. The Morgan fingerprint density at radius 1 is 1.08 bits per heavy atom. The number of carbonyl (C=O) groups is 1. The van der Waals surface area contributed by atoms with E-state index in [0.29, 0.717) is 18.8 Å². The SMILES string of the molecule is CC1CCC(OC2CCN(C(=O)NCC3CCC(C)(C)O3)CC2)CC1. The fraction of sp³-hybridized carbons (Fsp3) is 0.950. The molecule has 0 radical (unpaired) electrons. The maximum atomic E-state index is 12.4. The summed E-state index contributed by atoms with van der Waals surface area (Å²) in [7, 11) is 0. The number of likely N-dealkylation sites (tertiary alicyclic amines) is 1. The molecule has 0 aromatic carbocycles. The van der Waals surface area contributed by atoms with E-state index in [-0.39, 0.29) is 17.7 Å². The van der Waals surface area contributed by atoms with Crippen LogP contribution in [0.5, 0.6) is 0 Å². The molecule has 2 amide bonds. The van der Waals surface area contributed by atoms with Gasteiger partial charge >= 0.3 is 6.03 Å². The summed E-state index contributed by atoms with van der Waals surface area (Å²) in [5, 5.41) is 3.05. The molecule has 144 valence electrons. The predicted octanol–water partition coefficient (Wildman–Crippen LogP) is 3.71. The van der Waals surface area contributed by atoms with Crippen LogP contribution < -0.4 is 5.32 Å². The van der Waals surface area contributed by atoms with Crippen molar-refractivity contribution in [1.29, 1.82) is 0 Å². The molecular weight excluding hydrogens is 316 g/mol. The summed E-state index contributed by atoms with van der Waals surface area (Å²) in [5.41, 5.74) is -0.0397. The molecule has 0 aromatic rings. The first kappa shape index (κ1) is 19.0. The molecule has 25 heavy (non-hydrogen) atoms. The lowest BCUT2D eigenvalue weighted by atomic mass is 9.88. The summed E-state index contributed by atoms with van der Waals surface area (Å²) in [6, 6.07) is 0.0539. The third kappa shape index (κ3) is 5.58. The van der Waals surface area contributed by atoms with Crippen molar-refractivity contribution in [2.24, 2.45) is 5.92 Å². The van der Waals surface area contributed by atoms with Gasteiger partial charge in [0.1, 0.15) is 0 Å².